The molecular formula is C27H30N4O3S. The van der Waals surface area contributed by atoms with Crippen molar-refractivity contribution >= 4 is 26.7 Å². The first-order chi connectivity index (χ1) is 16.7. The Morgan fingerprint density at radius 2 is 1.66 bits per heavy atom. The van der Waals surface area contributed by atoms with Gasteiger partial charge in [0.05, 0.1) is 16.3 Å². The maximum Gasteiger partial charge on any atom is 0.240 e. The molecule has 4 rings (SSSR count). The maximum atomic E-state index is 12.8. The lowest BCUT2D eigenvalue weighted by molar-refractivity contribution is -0.130. The summed E-state index contributed by atoms with van der Waals surface area (Å²) in [6.45, 7) is 6.41. The first kappa shape index (κ1) is 24.6. The van der Waals surface area contributed by atoms with E-state index in [-0.39, 0.29) is 23.8 Å². The standard InChI is InChI=1S/C27H30N4O3S/c1-19-9-5-8-12-26(19)31-21(3)25(20(2)29-31)18-30(4)27(32)15-16-28-35(33,34)24-14-13-22-10-6-7-11-23(22)17-24/h5-14,17,28H,15-16,18H2,1-4H3. The lowest BCUT2D eigenvalue weighted by atomic mass is 10.1. The molecule has 0 aliphatic carbocycles. The number of amides is 1. The average molecular weight is 491 g/mol. The van der Waals surface area contributed by atoms with Crippen molar-refractivity contribution < 1.29 is 13.2 Å². The molecule has 0 aliphatic heterocycles. The van der Waals surface area contributed by atoms with Crippen LogP contribution in [-0.4, -0.2) is 42.6 Å². The average Bonchev–Trinajstić information content (AvgIpc) is 3.12. The van der Waals surface area contributed by atoms with Gasteiger partial charge < -0.3 is 4.90 Å². The molecule has 4 aromatic rings. The fourth-order valence-electron chi connectivity index (χ4n) is 4.17. The molecule has 1 N–H and O–H groups in total. The Balaban J connectivity index is 1.39. The molecular weight excluding hydrogens is 460 g/mol. The van der Waals surface area contributed by atoms with Gasteiger partial charge in [0, 0.05) is 37.8 Å². The molecule has 0 aliphatic rings. The van der Waals surface area contributed by atoms with E-state index < -0.39 is 10.0 Å². The van der Waals surface area contributed by atoms with Crippen LogP contribution < -0.4 is 4.72 Å². The molecule has 0 fully saturated rings. The Labute approximate surface area is 206 Å². The Morgan fingerprint density at radius 3 is 2.40 bits per heavy atom. The third-order valence-electron chi connectivity index (χ3n) is 6.27. The van der Waals surface area contributed by atoms with Crippen molar-refractivity contribution in [3.05, 3.63) is 89.2 Å². The van der Waals surface area contributed by atoms with Crippen molar-refractivity contribution in [2.24, 2.45) is 0 Å². The minimum absolute atomic E-state index is 0.0266. The van der Waals surface area contributed by atoms with E-state index in [1.165, 1.54) is 0 Å². The molecule has 0 bridgehead atoms. The highest BCUT2D eigenvalue weighted by molar-refractivity contribution is 7.89. The highest BCUT2D eigenvalue weighted by atomic mass is 32.2. The monoisotopic (exact) mass is 490 g/mol. The van der Waals surface area contributed by atoms with Gasteiger partial charge in [-0.3, -0.25) is 4.79 Å². The predicted molar refractivity (Wildman–Crippen MR) is 138 cm³/mol. The van der Waals surface area contributed by atoms with Crippen molar-refractivity contribution in [3.8, 4) is 5.69 Å². The number of fused-ring (bicyclic) bond motifs is 1. The van der Waals surface area contributed by atoms with Gasteiger partial charge in [-0.2, -0.15) is 5.10 Å². The summed E-state index contributed by atoms with van der Waals surface area (Å²) in [7, 11) is -1.98. The van der Waals surface area contributed by atoms with E-state index >= 15 is 0 Å². The second-order valence-electron chi connectivity index (χ2n) is 8.75. The molecule has 1 heterocycles. The number of benzene rings is 3. The Kier molecular flexibility index (Phi) is 7.05. The second-order valence-corrected chi connectivity index (χ2v) is 10.5. The number of aromatic nitrogens is 2. The number of hydrogen-bond acceptors (Lipinski definition) is 4. The normalized spacial score (nSPS) is 11.7. The topological polar surface area (TPSA) is 84.3 Å². The van der Waals surface area contributed by atoms with E-state index in [0.29, 0.717) is 6.54 Å². The molecule has 1 amide bonds. The Morgan fingerprint density at radius 1 is 0.971 bits per heavy atom. The van der Waals surface area contributed by atoms with Crippen LogP contribution in [0, 0.1) is 20.8 Å². The van der Waals surface area contributed by atoms with Gasteiger partial charge >= 0.3 is 0 Å². The third kappa shape index (κ3) is 5.28. The minimum atomic E-state index is -3.71. The van der Waals surface area contributed by atoms with Crippen LogP contribution in [0.5, 0.6) is 0 Å². The zero-order valence-corrected chi connectivity index (χ0v) is 21.3. The number of carbonyl (C=O) groups is 1. The number of hydrogen-bond donors (Lipinski definition) is 1. The third-order valence-corrected chi connectivity index (χ3v) is 7.73. The molecule has 7 nitrogen and oxygen atoms in total. The molecule has 1 aromatic heterocycles. The van der Waals surface area contributed by atoms with Crippen molar-refractivity contribution in [1.29, 1.82) is 0 Å². The molecule has 35 heavy (non-hydrogen) atoms. The summed E-state index contributed by atoms with van der Waals surface area (Å²) >= 11 is 0. The summed E-state index contributed by atoms with van der Waals surface area (Å²) in [5, 5.41) is 6.51. The summed E-state index contributed by atoms with van der Waals surface area (Å²) in [4.78, 5) is 14.6. The quantitative estimate of drug-likeness (QED) is 0.400. The van der Waals surface area contributed by atoms with Gasteiger partial charge in [0.2, 0.25) is 15.9 Å². The van der Waals surface area contributed by atoms with E-state index in [0.717, 1.165) is 39.0 Å². The molecule has 182 valence electrons. The Bertz CT molecular complexity index is 1490. The summed E-state index contributed by atoms with van der Waals surface area (Å²) in [5.41, 5.74) is 4.96. The summed E-state index contributed by atoms with van der Waals surface area (Å²) in [6.07, 6.45) is 0.0628. The van der Waals surface area contributed by atoms with Gasteiger partial charge in [0.25, 0.3) is 0 Å². The number of aryl methyl sites for hydroxylation is 2. The first-order valence-corrected chi connectivity index (χ1v) is 13.0. The van der Waals surface area contributed by atoms with E-state index in [9.17, 15) is 13.2 Å². The van der Waals surface area contributed by atoms with Gasteiger partial charge in [0.15, 0.2) is 0 Å². The lowest BCUT2D eigenvalue weighted by Crippen LogP contribution is -2.32. The van der Waals surface area contributed by atoms with Crippen molar-refractivity contribution in [2.45, 2.75) is 38.6 Å². The zero-order valence-electron chi connectivity index (χ0n) is 20.4. The van der Waals surface area contributed by atoms with E-state index in [1.54, 1.807) is 30.1 Å². The largest absolute Gasteiger partial charge is 0.341 e. The summed E-state index contributed by atoms with van der Waals surface area (Å²) < 4.78 is 29.9. The molecule has 0 radical (unpaired) electrons. The van der Waals surface area contributed by atoms with Crippen LogP contribution in [0.3, 0.4) is 0 Å². The predicted octanol–water partition coefficient (Wildman–Crippen LogP) is 4.28. The van der Waals surface area contributed by atoms with Gasteiger partial charge in [-0.15, -0.1) is 0 Å². The van der Waals surface area contributed by atoms with Crippen LogP contribution in [-0.2, 0) is 21.4 Å². The lowest BCUT2D eigenvalue weighted by Gasteiger charge is -2.18. The van der Waals surface area contributed by atoms with E-state index in [2.05, 4.69) is 4.72 Å². The number of nitrogens with one attached hydrogen (secondary N) is 1. The summed E-state index contributed by atoms with van der Waals surface area (Å²) in [6, 6.07) is 20.6. The van der Waals surface area contributed by atoms with Gasteiger partial charge in [-0.25, -0.2) is 17.8 Å². The molecule has 0 saturated heterocycles. The smallest absolute Gasteiger partial charge is 0.240 e. The number of rotatable bonds is 8. The highest BCUT2D eigenvalue weighted by Crippen LogP contribution is 2.22. The maximum absolute atomic E-state index is 12.8. The van der Waals surface area contributed by atoms with Crippen molar-refractivity contribution in [3.63, 3.8) is 0 Å². The van der Waals surface area contributed by atoms with Gasteiger partial charge in [-0.1, -0.05) is 48.5 Å². The van der Waals surface area contributed by atoms with Crippen molar-refractivity contribution in [1.82, 2.24) is 19.4 Å². The number of para-hydroxylation sites is 1. The van der Waals surface area contributed by atoms with E-state index in [1.807, 2.05) is 74.0 Å². The molecule has 8 heteroatoms. The van der Waals surface area contributed by atoms with Crippen LogP contribution in [0.2, 0.25) is 0 Å². The minimum Gasteiger partial charge on any atom is -0.341 e. The van der Waals surface area contributed by atoms with Crippen molar-refractivity contribution in [2.75, 3.05) is 13.6 Å². The molecule has 0 atom stereocenters. The molecule has 3 aromatic carbocycles. The molecule has 0 spiro atoms. The zero-order chi connectivity index (χ0) is 25.2. The van der Waals surface area contributed by atoms with Crippen LogP contribution >= 0.6 is 0 Å². The van der Waals surface area contributed by atoms with Crippen LogP contribution in [0.1, 0.15) is 28.9 Å². The Hall–Kier alpha value is -3.49. The fourth-order valence-corrected chi connectivity index (χ4v) is 5.23. The first-order valence-electron chi connectivity index (χ1n) is 11.5. The molecule has 0 saturated carbocycles. The summed E-state index contributed by atoms with van der Waals surface area (Å²) in [5.74, 6) is -0.145. The SMILES string of the molecule is Cc1ccccc1-n1nc(C)c(CN(C)C(=O)CCNS(=O)(=O)c2ccc3ccccc3c2)c1C. The molecule has 0 unspecified atom stereocenters. The van der Waals surface area contributed by atoms with Gasteiger partial charge in [0.1, 0.15) is 0 Å². The fraction of sp³-hybridized carbons (Fsp3) is 0.259. The van der Waals surface area contributed by atoms with Crippen LogP contribution in [0.25, 0.3) is 16.5 Å². The number of carbonyl (C=O) groups excluding carboxylic acids is 1. The van der Waals surface area contributed by atoms with Gasteiger partial charge in [-0.05, 0) is 55.3 Å². The second kappa shape index (κ2) is 10.0. The highest BCUT2D eigenvalue weighted by Gasteiger charge is 2.19. The van der Waals surface area contributed by atoms with Crippen LogP contribution in [0.4, 0.5) is 0 Å². The van der Waals surface area contributed by atoms with Crippen LogP contribution in [0.15, 0.2) is 71.6 Å². The van der Waals surface area contributed by atoms with E-state index in [4.69, 9.17) is 5.10 Å². The number of nitrogens with zero attached hydrogens (tertiary/aromatic N) is 3. The number of sulfonamides is 1.